The normalized spacial score (nSPS) is 16.9. The Hall–Kier alpha value is -1.55. The average Bonchev–Trinajstić information content (AvgIpc) is 2.89. The van der Waals surface area contributed by atoms with Gasteiger partial charge < -0.3 is 15.2 Å². The molecule has 1 aliphatic rings. The summed E-state index contributed by atoms with van der Waals surface area (Å²) < 4.78 is 5.59. The summed E-state index contributed by atoms with van der Waals surface area (Å²) in [6.07, 6.45) is 3.80. The Morgan fingerprint density at radius 3 is 2.70 bits per heavy atom. The van der Waals surface area contributed by atoms with Crippen LogP contribution in [-0.4, -0.2) is 29.8 Å². The number of aliphatic hydroxyl groups excluding tert-OH is 1. The van der Waals surface area contributed by atoms with Gasteiger partial charge in [0.05, 0.1) is 12.1 Å². The molecule has 0 atom stereocenters. The van der Waals surface area contributed by atoms with E-state index in [-0.39, 0.29) is 19.1 Å². The maximum Gasteiger partial charge on any atom is 0.258 e. The van der Waals surface area contributed by atoms with Crippen molar-refractivity contribution < 1.29 is 14.6 Å². The predicted octanol–water partition coefficient (Wildman–Crippen LogP) is 2.10. The van der Waals surface area contributed by atoms with E-state index in [1.54, 1.807) is 0 Å². The summed E-state index contributed by atoms with van der Waals surface area (Å²) in [6, 6.07) is 5.80. The molecule has 0 saturated heterocycles. The number of aliphatic hydroxyl groups is 1. The van der Waals surface area contributed by atoms with E-state index in [9.17, 15) is 9.90 Å². The lowest BCUT2D eigenvalue weighted by Crippen LogP contribution is -2.50. The Kier molecular flexibility index (Phi) is 4.65. The first-order chi connectivity index (χ1) is 9.56. The first-order valence-corrected chi connectivity index (χ1v) is 7.17. The Balaban J connectivity index is 1.90. The summed E-state index contributed by atoms with van der Waals surface area (Å²) in [5.41, 5.74) is 1.77. The van der Waals surface area contributed by atoms with Crippen LogP contribution >= 0.6 is 0 Å². The van der Waals surface area contributed by atoms with Gasteiger partial charge in [-0.25, -0.2) is 0 Å². The molecule has 0 unspecified atom stereocenters. The second kappa shape index (κ2) is 6.27. The van der Waals surface area contributed by atoms with Crippen LogP contribution in [0.1, 0.15) is 36.8 Å². The van der Waals surface area contributed by atoms with E-state index in [0.29, 0.717) is 0 Å². The van der Waals surface area contributed by atoms with Crippen LogP contribution < -0.4 is 10.1 Å². The van der Waals surface area contributed by atoms with Crippen LogP contribution in [0.3, 0.4) is 0 Å². The lowest BCUT2D eigenvalue weighted by atomic mass is 9.99. The van der Waals surface area contributed by atoms with Crippen LogP contribution in [0.15, 0.2) is 18.2 Å². The smallest absolute Gasteiger partial charge is 0.258 e. The zero-order valence-electron chi connectivity index (χ0n) is 12.2. The Labute approximate surface area is 120 Å². The molecule has 2 N–H and O–H groups in total. The van der Waals surface area contributed by atoms with Crippen LogP contribution in [0.5, 0.6) is 5.75 Å². The number of carbonyl (C=O) groups is 1. The molecule has 1 fully saturated rings. The van der Waals surface area contributed by atoms with Crippen LogP contribution in [-0.2, 0) is 4.79 Å². The van der Waals surface area contributed by atoms with Gasteiger partial charge in [-0.3, -0.25) is 4.79 Å². The Bertz CT molecular complexity index is 479. The zero-order valence-corrected chi connectivity index (χ0v) is 12.2. The molecule has 2 rings (SSSR count). The fraction of sp³-hybridized carbons (Fsp3) is 0.562. The highest BCUT2D eigenvalue weighted by Crippen LogP contribution is 2.29. The van der Waals surface area contributed by atoms with Gasteiger partial charge in [-0.15, -0.1) is 0 Å². The first-order valence-electron chi connectivity index (χ1n) is 7.17. The number of benzene rings is 1. The monoisotopic (exact) mass is 277 g/mol. The largest absolute Gasteiger partial charge is 0.483 e. The Morgan fingerprint density at radius 2 is 2.05 bits per heavy atom. The fourth-order valence-corrected chi connectivity index (χ4v) is 2.73. The molecular formula is C16H23NO3. The topological polar surface area (TPSA) is 58.6 Å². The minimum atomic E-state index is -0.428. The summed E-state index contributed by atoms with van der Waals surface area (Å²) in [4.78, 5) is 12.0. The molecule has 20 heavy (non-hydrogen) atoms. The quantitative estimate of drug-likeness (QED) is 0.866. The maximum absolute atomic E-state index is 12.0. The van der Waals surface area contributed by atoms with E-state index in [1.807, 2.05) is 32.0 Å². The second-order valence-electron chi connectivity index (χ2n) is 5.68. The SMILES string of the molecule is Cc1cccc(OCC(=O)NC2(CO)CCCC2)c1C. The van der Waals surface area contributed by atoms with Gasteiger partial charge in [0, 0.05) is 0 Å². The third kappa shape index (κ3) is 3.31. The van der Waals surface area contributed by atoms with Gasteiger partial charge in [-0.05, 0) is 43.9 Å². The van der Waals surface area contributed by atoms with Gasteiger partial charge in [0.25, 0.3) is 5.91 Å². The maximum atomic E-state index is 12.0. The summed E-state index contributed by atoms with van der Waals surface area (Å²) in [6.45, 7) is 3.99. The second-order valence-corrected chi connectivity index (χ2v) is 5.68. The summed E-state index contributed by atoms with van der Waals surface area (Å²) >= 11 is 0. The van der Waals surface area contributed by atoms with Gasteiger partial charge in [0.1, 0.15) is 5.75 Å². The number of hydrogen-bond acceptors (Lipinski definition) is 3. The van der Waals surface area contributed by atoms with Gasteiger partial charge >= 0.3 is 0 Å². The molecule has 110 valence electrons. The van der Waals surface area contributed by atoms with E-state index < -0.39 is 5.54 Å². The molecule has 0 bridgehead atoms. The Morgan fingerprint density at radius 1 is 1.35 bits per heavy atom. The minimum absolute atomic E-state index is 0.00220. The molecule has 1 aliphatic carbocycles. The van der Waals surface area contributed by atoms with Gasteiger partial charge in [0.15, 0.2) is 6.61 Å². The molecule has 0 spiro atoms. The van der Waals surface area contributed by atoms with E-state index in [4.69, 9.17) is 4.74 Å². The molecule has 4 heteroatoms. The lowest BCUT2D eigenvalue weighted by Gasteiger charge is -2.28. The number of rotatable bonds is 5. The summed E-state index contributed by atoms with van der Waals surface area (Å²) in [5, 5.41) is 12.4. The molecule has 0 aliphatic heterocycles. The molecule has 1 amide bonds. The molecule has 1 aromatic carbocycles. The number of aryl methyl sites for hydroxylation is 1. The van der Waals surface area contributed by atoms with Crippen molar-refractivity contribution in [2.75, 3.05) is 13.2 Å². The third-order valence-corrected chi connectivity index (χ3v) is 4.18. The van der Waals surface area contributed by atoms with Crippen LogP contribution in [0.2, 0.25) is 0 Å². The fourth-order valence-electron chi connectivity index (χ4n) is 2.73. The van der Waals surface area contributed by atoms with E-state index in [1.165, 1.54) is 0 Å². The highest BCUT2D eigenvalue weighted by Gasteiger charge is 2.34. The molecule has 0 heterocycles. The van der Waals surface area contributed by atoms with Gasteiger partial charge in [-0.2, -0.15) is 0 Å². The number of ether oxygens (including phenoxy) is 1. The van der Waals surface area contributed by atoms with Crippen LogP contribution in [0.25, 0.3) is 0 Å². The van der Waals surface area contributed by atoms with Crippen molar-refractivity contribution in [2.24, 2.45) is 0 Å². The molecule has 1 saturated carbocycles. The first kappa shape index (κ1) is 14.9. The molecule has 4 nitrogen and oxygen atoms in total. The number of nitrogens with one attached hydrogen (secondary N) is 1. The highest BCUT2D eigenvalue weighted by molar-refractivity contribution is 5.78. The standard InChI is InChI=1S/C16H23NO3/c1-12-6-5-7-14(13(12)2)20-10-15(19)17-16(11-18)8-3-4-9-16/h5-7,18H,3-4,8-11H2,1-2H3,(H,17,19). The van der Waals surface area contributed by atoms with Crippen molar-refractivity contribution in [2.45, 2.75) is 45.1 Å². The molecule has 0 aromatic heterocycles. The van der Waals surface area contributed by atoms with Gasteiger partial charge in [0.2, 0.25) is 0 Å². The molecular weight excluding hydrogens is 254 g/mol. The third-order valence-electron chi connectivity index (χ3n) is 4.18. The summed E-state index contributed by atoms with van der Waals surface area (Å²) in [5.74, 6) is 0.575. The van der Waals surface area contributed by atoms with Crippen molar-refractivity contribution in [3.63, 3.8) is 0 Å². The van der Waals surface area contributed by atoms with E-state index in [2.05, 4.69) is 5.32 Å². The van der Waals surface area contributed by atoms with Crippen molar-refractivity contribution in [3.8, 4) is 5.75 Å². The summed E-state index contributed by atoms with van der Waals surface area (Å²) in [7, 11) is 0. The van der Waals surface area contributed by atoms with Crippen LogP contribution in [0, 0.1) is 13.8 Å². The van der Waals surface area contributed by atoms with Crippen LogP contribution in [0.4, 0.5) is 0 Å². The molecule has 1 aromatic rings. The highest BCUT2D eigenvalue weighted by atomic mass is 16.5. The molecule has 0 radical (unpaired) electrons. The number of hydrogen-bond donors (Lipinski definition) is 2. The van der Waals surface area contributed by atoms with Crippen molar-refractivity contribution in [3.05, 3.63) is 29.3 Å². The van der Waals surface area contributed by atoms with Crippen molar-refractivity contribution in [1.29, 1.82) is 0 Å². The minimum Gasteiger partial charge on any atom is -0.483 e. The van der Waals surface area contributed by atoms with Crippen molar-refractivity contribution in [1.82, 2.24) is 5.32 Å². The zero-order chi connectivity index (χ0) is 14.6. The van der Waals surface area contributed by atoms with E-state index >= 15 is 0 Å². The predicted molar refractivity (Wildman–Crippen MR) is 77.8 cm³/mol. The number of amides is 1. The number of carbonyl (C=O) groups excluding carboxylic acids is 1. The average molecular weight is 277 g/mol. The van der Waals surface area contributed by atoms with Gasteiger partial charge in [-0.1, -0.05) is 25.0 Å². The lowest BCUT2D eigenvalue weighted by molar-refractivity contribution is -0.125. The van der Waals surface area contributed by atoms with Crippen molar-refractivity contribution >= 4 is 5.91 Å². The van der Waals surface area contributed by atoms with E-state index in [0.717, 1.165) is 42.6 Å².